The Kier molecular flexibility index (Phi) is 5.65. The first-order chi connectivity index (χ1) is 26.2. The molecule has 7 nitrogen and oxygen atoms in total. The average Bonchev–Trinajstić information content (AvgIpc) is 3.95. The molecule has 53 heavy (non-hydrogen) atoms. The lowest BCUT2D eigenvalue weighted by atomic mass is 10.1. The van der Waals surface area contributed by atoms with Gasteiger partial charge in [-0.25, -0.2) is 0 Å². The van der Waals surface area contributed by atoms with Crippen LogP contribution in [0.1, 0.15) is 0 Å². The number of para-hydroxylation sites is 2. The minimum absolute atomic E-state index is 0.772. The second-order valence-corrected chi connectivity index (χ2v) is 13.4. The predicted octanol–water partition coefficient (Wildman–Crippen LogP) is 12.3. The van der Waals surface area contributed by atoms with Crippen LogP contribution in [0.2, 0.25) is 0 Å². The van der Waals surface area contributed by atoms with E-state index in [-0.39, 0.29) is 0 Å². The second-order valence-electron chi connectivity index (χ2n) is 13.4. The summed E-state index contributed by atoms with van der Waals surface area (Å²) in [7, 11) is 0. The van der Waals surface area contributed by atoms with Gasteiger partial charge in [0.05, 0.1) is 22.1 Å². The molecule has 0 saturated heterocycles. The molecule has 12 aromatic rings. The van der Waals surface area contributed by atoms with Gasteiger partial charge in [0.1, 0.15) is 33.7 Å². The van der Waals surface area contributed by atoms with Crippen molar-refractivity contribution in [3.63, 3.8) is 0 Å². The fourth-order valence-corrected chi connectivity index (χ4v) is 8.17. The van der Waals surface area contributed by atoms with Gasteiger partial charge in [0.25, 0.3) is 0 Å². The van der Waals surface area contributed by atoms with Crippen molar-refractivity contribution < 1.29 is 13.6 Å². The predicted molar refractivity (Wildman–Crippen MR) is 212 cm³/mol. The Labute approximate surface area is 300 Å². The van der Waals surface area contributed by atoms with Crippen molar-refractivity contribution in [1.29, 1.82) is 0 Å². The molecule has 7 heteroatoms. The summed E-state index contributed by atoms with van der Waals surface area (Å²) in [6.07, 6.45) is 3.62. The van der Waals surface area contributed by atoms with E-state index in [2.05, 4.69) is 128 Å². The summed E-state index contributed by atoms with van der Waals surface area (Å²) in [6.45, 7) is 0. The third kappa shape index (κ3) is 4.10. The van der Waals surface area contributed by atoms with Crippen molar-refractivity contribution in [2.45, 2.75) is 0 Å². The lowest BCUT2D eigenvalue weighted by Gasteiger charge is -2.10. The molecule has 12 rings (SSSR count). The number of fused-ring (bicyclic) bond motifs is 12. The van der Waals surface area contributed by atoms with Crippen LogP contribution in [-0.2, 0) is 0 Å². The molecule has 0 bridgehead atoms. The monoisotopic (exact) mass is 682 g/mol. The molecule has 0 aliphatic heterocycles. The molecule has 0 amide bonds. The first-order valence-corrected chi connectivity index (χ1v) is 17.5. The molecule has 248 valence electrons. The molecule has 0 unspecified atom stereocenters. The maximum absolute atomic E-state index is 6.65. The summed E-state index contributed by atoms with van der Waals surface area (Å²) in [5.74, 6) is 1.54. The highest BCUT2D eigenvalue weighted by molar-refractivity contribution is 6.12. The lowest BCUT2D eigenvalue weighted by Crippen LogP contribution is -1.94. The van der Waals surface area contributed by atoms with Gasteiger partial charge in [-0.05, 0) is 109 Å². The van der Waals surface area contributed by atoms with Gasteiger partial charge in [0.2, 0.25) is 0 Å². The summed E-state index contributed by atoms with van der Waals surface area (Å²) >= 11 is 0. The number of ether oxygens (including phenoxy) is 1. The molecule has 0 aliphatic carbocycles. The number of benzene rings is 6. The smallest absolute Gasteiger partial charge is 0.153 e. The molecule has 0 atom stereocenters. The van der Waals surface area contributed by atoms with Crippen LogP contribution in [0, 0.1) is 0 Å². The van der Waals surface area contributed by atoms with Gasteiger partial charge in [-0.1, -0.05) is 36.4 Å². The molecule has 0 radical (unpaired) electrons. The van der Waals surface area contributed by atoms with Gasteiger partial charge in [-0.15, -0.1) is 0 Å². The van der Waals surface area contributed by atoms with E-state index < -0.39 is 0 Å². The molecule has 6 aromatic heterocycles. The van der Waals surface area contributed by atoms with Crippen molar-refractivity contribution >= 4 is 87.7 Å². The Morgan fingerprint density at radius 2 is 0.849 bits per heavy atom. The van der Waals surface area contributed by atoms with Crippen molar-refractivity contribution in [3.05, 3.63) is 158 Å². The summed E-state index contributed by atoms with van der Waals surface area (Å²) < 4.78 is 23.4. The third-order valence-electron chi connectivity index (χ3n) is 10.5. The van der Waals surface area contributed by atoms with Crippen LogP contribution in [0.25, 0.3) is 99.1 Å². The molecule has 0 N–H and O–H groups in total. The Bertz CT molecular complexity index is 3230. The van der Waals surface area contributed by atoms with Crippen LogP contribution >= 0.6 is 0 Å². The minimum Gasteiger partial charge on any atom is -0.457 e. The molecule has 0 fully saturated rings. The van der Waals surface area contributed by atoms with Crippen LogP contribution in [0.4, 0.5) is 0 Å². The highest BCUT2D eigenvalue weighted by atomic mass is 16.5. The third-order valence-corrected chi connectivity index (χ3v) is 10.5. The fraction of sp³-hybridized carbons (Fsp3) is 0. The van der Waals surface area contributed by atoms with Gasteiger partial charge in [0.15, 0.2) is 11.2 Å². The van der Waals surface area contributed by atoms with E-state index in [1.165, 1.54) is 0 Å². The van der Waals surface area contributed by atoms with Gasteiger partial charge in [-0.3, -0.25) is 9.97 Å². The van der Waals surface area contributed by atoms with Crippen molar-refractivity contribution in [2.75, 3.05) is 0 Å². The second kappa shape index (κ2) is 10.6. The zero-order valence-corrected chi connectivity index (χ0v) is 28.0. The topological polar surface area (TPSA) is 71.2 Å². The first kappa shape index (κ1) is 28.3. The summed E-state index contributed by atoms with van der Waals surface area (Å²) in [5, 5.41) is 6.52. The molecular weight excluding hydrogens is 657 g/mol. The van der Waals surface area contributed by atoms with Gasteiger partial charge in [-0.2, -0.15) is 0 Å². The van der Waals surface area contributed by atoms with Crippen LogP contribution in [0.5, 0.6) is 11.5 Å². The van der Waals surface area contributed by atoms with Crippen LogP contribution in [0.3, 0.4) is 0 Å². The fourth-order valence-electron chi connectivity index (χ4n) is 8.17. The maximum atomic E-state index is 6.65. The van der Waals surface area contributed by atoms with Gasteiger partial charge < -0.3 is 22.7 Å². The maximum Gasteiger partial charge on any atom is 0.153 e. The van der Waals surface area contributed by atoms with E-state index in [0.29, 0.717) is 0 Å². The first-order valence-electron chi connectivity index (χ1n) is 17.5. The minimum atomic E-state index is 0.772. The Morgan fingerprint density at radius 3 is 1.36 bits per heavy atom. The standard InChI is InChI=1S/C46H26N4O3/c1-3-9-37-31(7-1)33-25-29(15-17-39(33)49(37)27-13-19-41-35(23-27)45-43(52-41)11-5-21-47-45)51-30-16-18-40-34(26-30)32-8-2-4-10-38(32)50(40)28-14-20-42-36(24-28)46-44(53-42)12-6-22-48-46/h1-26H. The van der Waals surface area contributed by atoms with E-state index in [0.717, 1.165) is 111 Å². The number of nitrogens with zero attached hydrogens (tertiary/aromatic N) is 4. The molecular formula is C46H26N4O3. The number of hydrogen-bond donors (Lipinski definition) is 0. The molecule has 0 spiro atoms. The van der Waals surface area contributed by atoms with Crippen LogP contribution in [-0.4, -0.2) is 19.1 Å². The van der Waals surface area contributed by atoms with Crippen LogP contribution in [0.15, 0.2) is 167 Å². The summed E-state index contributed by atoms with van der Waals surface area (Å²) in [4.78, 5) is 9.22. The van der Waals surface area contributed by atoms with Crippen molar-refractivity contribution in [3.8, 4) is 22.9 Å². The van der Waals surface area contributed by atoms with Crippen molar-refractivity contribution in [2.24, 2.45) is 0 Å². The van der Waals surface area contributed by atoms with Gasteiger partial charge >= 0.3 is 0 Å². The van der Waals surface area contributed by atoms with E-state index in [4.69, 9.17) is 13.6 Å². The number of rotatable bonds is 4. The molecule has 6 aromatic carbocycles. The molecule has 0 aliphatic rings. The summed E-state index contributed by atoms with van der Waals surface area (Å²) in [6, 6.07) is 50.1. The van der Waals surface area contributed by atoms with E-state index in [9.17, 15) is 0 Å². The van der Waals surface area contributed by atoms with Gasteiger partial charge in [0, 0.05) is 56.1 Å². The van der Waals surface area contributed by atoms with Crippen molar-refractivity contribution in [1.82, 2.24) is 19.1 Å². The summed E-state index contributed by atoms with van der Waals surface area (Å²) in [5.41, 5.74) is 11.5. The highest BCUT2D eigenvalue weighted by Crippen LogP contribution is 2.40. The lowest BCUT2D eigenvalue weighted by molar-refractivity contribution is 0.484. The number of hydrogen-bond acceptors (Lipinski definition) is 5. The molecule has 0 saturated carbocycles. The largest absolute Gasteiger partial charge is 0.457 e. The Hall–Kier alpha value is -7.38. The average molecular weight is 683 g/mol. The Balaban J connectivity index is 0.970. The zero-order chi connectivity index (χ0) is 34.6. The quantitative estimate of drug-likeness (QED) is 0.185. The van der Waals surface area contributed by atoms with E-state index >= 15 is 0 Å². The normalized spacial score (nSPS) is 12.2. The number of furan rings is 2. The number of aromatic nitrogens is 4. The Morgan fingerprint density at radius 1 is 0.377 bits per heavy atom. The number of pyridine rings is 2. The highest BCUT2D eigenvalue weighted by Gasteiger charge is 2.18. The van der Waals surface area contributed by atoms with E-state index in [1.807, 2.05) is 48.8 Å². The van der Waals surface area contributed by atoms with Crippen LogP contribution < -0.4 is 4.74 Å². The molecule has 6 heterocycles. The SMILES string of the molecule is c1cnc2c(c1)oc1ccc(-n3c4ccccc4c4cc(Oc5ccc6c(c5)c5ccccc5n6-c5ccc6oc7cccnc7c6c5)ccc43)cc12. The zero-order valence-electron chi connectivity index (χ0n) is 28.0. The van der Waals surface area contributed by atoms with E-state index in [1.54, 1.807) is 0 Å².